The molecule has 0 spiro atoms. The van der Waals surface area contributed by atoms with Gasteiger partial charge >= 0.3 is 0 Å². The highest BCUT2D eigenvalue weighted by Crippen LogP contribution is 2.19. The van der Waals surface area contributed by atoms with E-state index in [-0.39, 0.29) is 24.8 Å². The molecular formula is C17H19NO4. The molecule has 0 heterocycles. The molecular weight excluding hydrogens is 282 g/mol. The van der Waals surface area contributed by atoms with Gasteiger partial charge in [0.05, 0.1) is 6.54 Å². The molecule has 0 bridgehead atoms. The molecule has 1 aromatic carbocycles. The number of nitrogens with one attached hydrogen (secondary N) is 1. The Labute approximate surface area is 129 Å². The van der Waals surface area contributed by atoms with Crippen LogP contribution in [0.2, 0.25) is 0 Å². The van der Waals surface area contributed by atoms with Gasteiger partial charge in [0, 0.05) is 6.92 Å². The summed E-state index contributed by atoms with van der Waals surface area (Å²) >= 11 is 0. The van der Waals surface area contributed by atoms with Gasteiger partial charge in [-0.1, -0.05) is 19.2 Å². The predicted octanol–water partition coefficient (Wildman–Crippen LogP) is 2.41. The second-order valence-corrected chi connectivity index (χ2v) is 4.32. The number of amides is 1. The summed E-state index contributed by atoms with van der Waals surface area (Å²) in [7, 11) is 0. The van der Waals surface area contributed by atoms with Gasteiger partial charge in [-0.15, -0.1) is 0 Å². The lowest BCUT2D eigenvalue weighted by Crippen LogP contribution is -2.30. The van der Waals surface area contributed by atoms with Gasteiger partial charge in [-0.3, -0.25) is 9.59 Å². The number of benzene rings is 1. The van der Waals surface area contributed by atoms with Crippen LogP contribution in [0, 0.1) is 0 Å². The van der Waals surface area contributed by atoms with Gasteiger partial charge in [-0.25, -0.2) is 0 Å². The third kappa shape index (κ3) is 6.56. The van der Waals surface area contributed by atoms with Crippen molar-refractivity contribution in [2.75, 3.05) is 13.2 Å². The van der Waals surface area contributed by atoms with E-state index in [1.165, 1.54) is 6.92 Å². The van der Waals surface area contributed by atoms with Crippen LogP contribution >= 0.6 is 0 Å². The quantitative estimate of drug-likeness (QED) is 0.562. The normalized spacial score (nSPS) is 10.5. The van der Waals surface area contributed by atoms with Crippen molar-refractivity contribution in [1.82, 2.24) is 5.32 Å². The summed E-state index contributed by atoms with van der Waals surface area (Å²) in [6.07, 6.45) is 4.88. The van der Waals surface area contributed by atoms with Gasteiger partial charge in [0.25, 0.3) is 0 Å². The molecule has 5 nitrogen and oxygen atoms in total. The molecule has 0 aliphatic carbocycles. The maximum atomic E-state index is 11.5. The topological polar surface area (TPSA) is 64.6 Å². The van der Waals surface area contributed by atoms with E-state index in [9.17, 15) is 9.59 Å². The standard InChI is InChI=1S/C17H19NO4/c1-4-6-15(5-2)22-17-9-7-16(8-10-17)21-12-14(20)11-18-13(3)19/h4-10H,1-2,11-12H2,3H3,(H,18,19)/b15-6+. The Hall–Kier alpha value is -2.82. The zero-order valence-corrected chi connectivity index (χ0v) is 12.5. The Morgan fingerprint density at radius 1 is 1.18 bits per heavy atom. The minimum Gasteiger partial charge on any atom is -0.486 e. The first-order valence-corrected chi connectivity index (χ1v) is 6.67. The van der Waals surface area contributed by atoms with Crippen LogP contribution < -0.4 is 14.8 Å². The molecule has 0 aromatic heterocycles. The summed E-state index contributed by atoms with van der Waals surface area (Å²) in [4.78, 5) is 22.1. The maximum Gasteiger partial charge on any atom is 0.217 e. The number of Topliss-reactive ketones (excluding diaryl/α,β-unsaturated/α-hetero) is 1. The van der Waals surface area contributed by atoms with Crippen LogP contribution in [0.4, 0.5) is 0 Å². The lowest BCUT2D eigenvalue weighted by atomic mass is 10.3. The van der Waals surface area contributed by atoms with Gasteiger partial charge in [-0.05, 0) is 36.4 Å². The molecule has 1 aromatic rings. The number of hydrogen-bond donors (Lipinski definition) is 1. The molecule has 0 fully saturated rings. The number of hydrogen-bond acceptors (Lipinski definition) is 4. The average molecular weight is 301 g/mol. The van der Waals surface area contributed by atoms with Crippen molar-refractivity contribution in [3.63, 3.8) is 0 Å². The van der Waals surface area contributed by atoms with Crippen LogP contribution in [0.25, 0.3) is 0 Å². The summed E-state index contributed by atoms with van der Waals surface area (Å²) in [5.74, 6) is 1.27. The van der Waals surface area contributed by atoms with E-state index < -0.39 is 0 Å². The lowest BCUT2D eigenvalue weighted by Gasteiger charge is -2.08. The first-order chi connectivity index (χ1) is 10.5. The Balaban J connectivity index is 2.49. The minimum absolute atomic E-state index is 0.0361. The SMILES string of the molecule is C=C/C=C(\C=C)Oc1ccc(OCC(=O)CNC(C)=O)cc1. The van der Waals surface area contributed by atoms with Gasteiger partial charge < -0.3 is 14.8 Å². The van der Waals surface area contributed by atoms with Gasteiger partial charge in [0.2, 0.25) is 5.91 Å². The van der Waals surface area contributed by atoms with Crippen molar-refractivity contribution >= 4 is 11.7 Å². The third-order valence-corrected chi connectivity index (χ3v) is 2.48. The monoisotopic (exact) mass is 301 g/mol. The molecule has 22 heavy (non-hydrogen) atoms. The molecule has 1 rings (SSSR count). The molecule has 0 saturated heterocycles. The Morgan fingerprint density at radius 3 is 2.36 bits per heavy atom. The van der Waals surface area contributed by atoms with Gasteiger partial charge in [0.15, 0.2) is 5.78 Å². The van der Waals surface area contributed by atoms with Crippen molar-refractivity contribution < 1.29 is 19.1 Å². The molecule has 1 N–H and O–H groups in total. The zero-order chi connectivity index (χ0) is 16.4. The minimum atomic E-state index is -0.250. The molecule has 116 valence electrons. The predicted molar refractivity (Wildman–Crippen MR) is 84.7 cm³/mol. The van der Waals surface area contributed by atoms with Crippen LogP contribution in [-0.4, -0.2) is 24.8 Å². The van der Waals surface area contributed by atoms with E-state index >= 15 is 0 Å². The van der Waals surface area contributed by atoms with E-state index in [0.29, 0.717) is 17.3 Å². The highest BCUT2D eigenvalue weighted by Gasteiger charge is 2.04. The van der Waals surface area contributed by atoms with Crippen molar-refractivity contribution in [3.05, 3.63) is 61.4 Å². The van der Waals surface area contributed by atoms with Crippen LogP contribution in [-0.2, 0) is 9.59 Å². The molecule has 0 saturated carbocycles. The Morgan fingerprint density at radius 2 is 1.82 bits per heavy atom. The second-order valence-electron chi connectivity index (χ2n) is 4.32. The average Bonchev–Trinajstić information content (AvgIpc) is 2.51. The number of allylic oxidation sites excluding steroid dienone is 3. The fourth-order valence-corrected chi connectivity index (χ4v) is 1.44. The molecule has 1 amide bonds. The lowest BCUT2D eigenvalue weighted by molar-refractivity contribution is -0.124. The fourth-order valence-electron chi connectivity index (χ4n) is 1.44. The summed E-state index contributed by atoms with van der Waals surface area (Å²) in [5, 5.41) is 2.42. The Bertz CT molecular complexity index is 573. The largest absolute Gasteiger partial charge is 0.486 e. The molecule has 0 atom stereocenters. The molecule has 5 heteroatoms. The van der Waals surface area contributed by atoms with Crippen molar-refractivity contribution in [1.29, 1.82) is 0 Å². The number of carbonyl (C=O) groups excluding carboxylic acids is 2. The van der Waals surface area contributed by atoms with E-state index in [4.69, 9.17) is 9.47 Å². The summed E-state index contributed by atoms with van der Waals surface area (Å²) in [5.41, 5.74) is 0. The van der Waals surface area contributed by atoms with Crippen molar-refractivity contribution in [2.24, 2.45) is 0 Å². The zero-order valence-electron chi connectivity index (χ0n) is 12.5. The van der Waals surface area contributed by atoms with E-state index in [2.05, 4.69) is 18.5 Å². The Kier molecular flexibility index (Phi) is 7.19. The number of rotatable bonds is 9. The van der Waals surface area contributed by atoms with Crippen LogP contribution in [0.3, 0.4) is 0 Å². The summed E-state index contributed by atoms with van der Waals surface area (Å²) < 4.78 is 10.9. The van der Waals surface area contributed by atoms with Crippen LogP contribution in [0.1, 0.15) is 6.92 Å². The third-order valence-electron chi connectivity index (χ3n) is 2.48. The number of ketones is 1. The van der Waals surface area contributed by atoms with E-state index in [1.54, 1.807) is 42.5 Å². The molecule has 0 radical (unpaired) electrons. The van der Waals surface area contributed by atoms with Crippen molar-refractivity contribution in [3.8, 4) is 11.5 Å². The van der Waals surface area contributed by atoms with Gasteiger partial charge in [0.1, 0.15) is 23.9 Å². The molecule has 0 aliphatic heterocycles. The first kappa shape index (κ1) is 17.2. The highest BCUT2D eigenvalue weighted by molar-refractivity contribution is 5.86. The highest BCUT2D eigenvalue weighted by atomic mass is 16.5. The number of carbonyl (C=O) groups is 2. The first-order valence-electron chi connectivity index (χ1n) is 6.67. The van der Waals surface area contributed by atoms with Crippen LogP contribution in [0.15, 0.2) is 61.4 Å². The summed E-state index contributed by atoms with van der Waals surface area (Å²) in [6.45, 7) is 8.44. The second kappa shape index (κ2) is 9.18. The van der Waals surface area contributed by atoms with Gasteiger partial charge in [-0.2, -0.15) is 0 Å². The molecule has 0 aliphatic rings. The smallest absolute Gasteiger partial charge is 0.217 e. The maximum absolute atomic E-state index is 11.5. The van der Waals surface area contributed by atoms with E-state index in [1.807, 2.05) is 0 Å². The van der Waals surface area contributed by atoms with E-state index in [0.717, 1.165) is 0 Å². The molecule has 0 unspecified atom stereocenters. The van der Waals surface area contributed by atoms with Crippen molar-refractivity contribution in [2.45, 2.75) is 6.92 Å². The number of ether oxygens (including phenoxy) is 2. The summed E-state index contributed by atoms with van der Waals surface area (Å²) in [6, 6.07) is 6.81. The van der Waals surface area contributed by atoms with Crippen LogP contribution in [0.5, 0.6) is 11.5 Å². The fraction of sp³-hybridized carbons (Fsp3) is 0.176.